The number of fused-ring (bicyclic) bond motifs is 3. The van der Waals surface area contributed by atoms with E-state index in [2.05, 4.69) is 30.1 Å². The van der Waals surface area contributed by atoms with Gasteiger partial charge in [0.15, 0.2) is 11.5 Å². The van der Waals surface area contributed by atoms with Gasteiger partial charge in [-0.1, -0.05) is 70.4 Å². The summed E-state index contributed by atoms with van der Waals surface area (Å²) < 4.78 is 18.2. The highest BCUT2D eigenvalue weighted by Gasteiger charge is 2.54. The number of cyclic esters (lactones) is 1. The second-order valence-corrected chi connectivity index (χ2v) is 14.7. The molecule has 0 bridgehead atoms. The van der Waals surface area contributed by atoms with E-state index in [1.807, 2.05) is 0 Å². The predicted octanol–water partition coefficient (Wildman–Crippen LogP) is 7.16. The summed E-state index contributed by atoms with van der Waals surface area (Å²) in [6.07, 6.45) is 24.2. The monoisotopic (exact) mass is 577 g/mol. The first kappa shape index (κ1) is 28.7. The second-order valence-electron chi connectivity index (χ2n) is 14.7. The lowest BCUT2D eigenvalue weighted by Crippen LogP contribution is -2.58. The Hall–Kier alpha value is -2.05. The van der Waals surface area contributed by atoms with Gasteiger partial charge in [-0.25, -0.2) is 4.79 Å². The second kappa shape index (κ2) is 11.5. The van der Waals surface area contributed by atoms with Gasteiger partial charge in [-0.3, -0.25) is 4.90 Å². The van der Waals surface area contributed by atoms with Crippen molar-refractivity contribution in [2.45, 2.75) is 122 Å². The molecule has 230 valence electrons. The Morgan fingerprint density at radius 2 is 1.81 bits per heavy atom. The largest absolute Gasteiger partial charge is 0.492 e. The Kier molecular flexibility index (Phi) is 7.84. The maximum absolute atomic E-state index is 12.5. The zero-order chi connectivity index (χ0) is 29.0. The van der Waals surface area contributed by atoms with Gasteiger partial charge in [0.05, 0.1) is 18.8 Å². The highest BCUT2D eigenvalue weighted by atomic mass is 16.6. The highest BCUT2D eigenvalue weighted by Crippen LogP contribution is 2.54. The van der Waals surface area contributed by atoms with Crippen LogP contribution in [0, 0.1) is 35.0 Å². The van der Waals surface area contributed by atoms with E-state index in [-0.39, 0.29) is 41.3 Å². The van der Waals surface area contributed by atoms with Gasteiger partial charge in [-0.2, -0.15) is 0 Å². The van der Waals surface area contributed by atoms with E-state index in [4.69, 9.17) is 14.2 Å². The molecule has 4 heterocycles. The molecule has 1 N–H and O–H groups in total. The zero-order valence-electron chi connectivity index (χ0n) is 26.0. The number of carbonyl (C=O) groups is 1. The summed E-state index contributed by atoms with van der Waals surface area (Å²) >= 11 is 0. The fourth-order valence-electron chi connectivity index (χ4n) is 10.2. The number of aliphatic hydroxyl groups excluding tert-OH is 1. The van der Waals surface area contributed by atoms with Gasteiger partial charge in [0, 0.05) is 41.8 Å². The molecule has 0 aromatic rings. The smallest absolute Gasteiger partial charge is 0.343 e. The Bertz CT molecular complexity index is 1190. The van der Waals surface area contributed by atoms with E-state index in [0.29, 0.717) is 23.1 Å². The highest BCUT2D eigenvalue weighted by molar-refractivity contribution is 5.93. The van der Waals surface area contributed by atoms with Gasteiger partial charge in [0.25, 0.3) is 0 Å². The van der Waals surface area contributed by atoms with Crippen molar-refractivity contribution < 1.29 is 24.1 Å². The van der Waals surface area contributed by atoms with Gasteiger partial charge in [0.2, 0.25) is 5.76 Å². The SMILES string of the molecule is COC1=C(C)C(=O)OC1=C1OC2=CC3(CCCCC3)CN3[C@H]([C@@H](O)[C@@H]4C=CC[C@@H](C5CCCC5)C4)CCC[C@H]3[C@H]2[C@@H]1C. The minimum atomic E-state index is -0.353. The topological polar surface area (TPSA) is 68.2 Å². The Balaban J connectivity index is 1.22. The zero-order valence-corrected chi connectivity index (χ0v) is 26.0. The standard InChI is InChI=1S/C36H51NO5/c1-22-30-27-15-10-16-28(31(38)26-14-9-13-25(19-26)24-11-5-6-12-24)37(27)21-36(17-7-4-8-18-36)20-29(30)41-33(22)34-32(40-3)23(2)35(39)42-34/h9,14,20,22,24-28,30-31,38H,4-8,10-13,15-19,21H2,1-3H3/t22-,25+,26+,27-,28-,30+,31-/m0/s1. The van der Waals surface area contributed by atoms with E-state index < -0.39 is 0 Å². The number of ether oxygens (including phenoxy) is 3. The van der Waals surface area contributed by atoms with E-state index in [1.165, 1.54) is 64.2 Å². The number of rotatable bonds is 4. The van der Waals surface area contributed by atoms with Crippen LogP contribution < -0.4 is 0 Å². The van der Waals surface area contributed by atoms with Gasteiger partial charge in [-0.05, 0) is 63.4 Å². The molecule has 0 radical (unpaired) electrons. The third-order valence-electron chi connectivity index (χ3n) is 12.3. The van der Waals surface area contributed by atoms with Crippen molar-refractivity contribution >= 4 is 5.97 Å². The summed E-state index contributed by atoms with van der Waals surface area (Å²) in [6.45, 7) is 5.01. The molecule has 0 aromatic heterocycles. The van der Waals surface area contributed by atoms with E-state index in [0.717, 1.165) is 55.6 Å². The van der Waals surface area contributed by atoms with Crippen molar-refractivity contribution in [2.24, 2.45) is 35.0 Å². The number of hydrogen-bond donors (Lipinski definition) is 1. The average molecular weight is 578 g/mol. The first-order valence-electron chi connectivity index (χ1n) is 17.1. The van der Waals surface area contributed by atoms with Crippen LogP contribution in [0.1, 0.15) is 104 Å². The molecule has 6 nitrogen and oxygen atoms in total. The molecule has 2 saturated carbocycles. The number of esters is 1. The summed E-state index contributed by atoms with van der Waals surface area (Å²) in [6, 6.07) is 0.461. The Labute approximate surface area is 252 Å². The minimum Gasteiger partial charge on any atom is -0.492 e. The van der Waals surface area contributed by atoms with Crippen LogP contribution in [0.2, 0.25) is 0 Å². The molecule has 3 aliphatic carbocycles. The molecule has 1 spiro atoms. The summed E-state index contributed by atoms with van der Waals surface area (Å²) in [4.78, 5) is 15.3. The molecule has 4 fully saturated rings. The minimum absolute atomic E-state index is 0.0542. The fourth-order valence-corrected chi connectivity index (χ4v) is 10.2. The molecule has 7 rings (SSSR count). The number of hydrogen-bond acceptors (Lipinski definition) is 6. The van der Waals surface area contributed by atoms with Crippen LogP contribution >= 0.6 is 0 Å². The third kappa shape index (κ3) is 4.89. The van der Waals surface area contributed by atoms with Crippen molar-refractivity contribution in [1.82, 2.24) is 4.90 Å². The third-order valence-corrected chi connectivity index (χ3v) is 12.3. The van der Waals surface area contributed by atoms with E-state index in [1.54, 1.807) is 14.0 Å². The van der Waals surface area contributed by atoms with Crippen molar-refractivity contribution in [1.29, 1.82) is 0 Å². The molecule has 0 aromatic carbocycles. The normalized spacial score (nSPS) is 39.4. The van der Waals surface area contributed by atoms with Crippen LogP contribution in [0.5, 0.6) is 0 Å². The lowest BCUT2D eigenvalue weighted by Gasteiger charge is -2.50. The van der Waals surface area contributed by atoms with Crippen molar-refractivity contribution in [3.63, 3.8) is 0 Å². The maximum atomic E-state index is 12.5. The van der Waals surface area contributed by atoms with Crippen LogP contribution in [0.4, 0.5) is 0 Å². The molecule has 42 heavy (non-hydrogen) atoms. The van der Waals surface area contributed by atoms with Crippen molar-refractivity contribution in [3.8, 4) is 0 Å². The van der Waals surface area contributed by atoms with Gasteiger partial charge < -0.3 is 19.3 Å². The van der Waals surface area contributed by atoms with Crippen LogP contribution in [0.3, 0.4) is 0 Å². The Morgan fingerprint density at radius 1 is 1.02 bits per heavy atom. The molecular formula is C36H51NO5. The number of nitrogens with zero attached hydrogens (tertiary/aromatic N) is 1. The van der Waals surface area contributed by atoms with Gasteiger partial charge in [0.1, 0.15) is 5.76 Å². The van der Waals surface area contributed by atoms with Crippen LogP contribution in [0.15, 0.2) is 46.8 Å². The molecule has 6 heteroatoms. The molecule has 4 aliphatic heterocycles. The van der Waals surface area contributed by atoms with Crippen molar-refractivity contribution in [2.75, 3.05) is 13.7 Å². The molecular weight excluding hydrogens is 526 g/mol. The number of aliphatic hydroxyl groups is 1. The number of piperidine rings is 1. The summed E-state index contributed by atoms with van der Waals surface area (Å²) in [7, 11) is 1.60. The first-order chi connectivity index (χ1) is 20.4. The van der Waals surface area contributed by atoms with Gasteiger partial charge >= 0.3 is 5.97 Å². The first-order valence-corrected chi connectivity index (χ1v) is 17.1. The number of methoxy groups -OCH3 is 1. The summed E-state index contributed by atoms with van der Waals surface area (Å²) in [5.41, 5.74) is 0.562. The average Bonchev–Trinajstić information content (AvgIpc) is 3.70. The molecule has 0 unspecified atom stereocenters. The molecule has 7 aliphatic rings. The van der Waals surface area contributed by atoms with Crippen LogP contribution in [0.25, 0.3) is 0 Å². The molecule has 7 atom stereocenters. The Morgan fingerprint density at radius 3 is 2.57 bits per heavy atom. The quantitative estimate of drug-likeness (QED) is 0.282. The van der Waals surface area contributed by atoms with E-state index >= 15 is 0 Å². The molecule has 2 saturated heterocycles. The predicted molar refractivity (Wildman–Crippen MR) is 162 cm³/mol. The number of allylic oxidation sites excluding steroid dienone is 2. The summed E-state index contributed by atoms with van der Waals surface area (Å²) in [5.74, 6) is 4.46. The number of carbonyl (C=O) groups excluding carboxylic acids is 1. The van der Waals surface area contributed by atoms with Crippen LogP contribution in [-0.4, -0.2) is 47.8 Å². The maximum Gasteiger partial charge on any atom is 0.343 e. The molecule has 0 amide bonds. The fraction of sp³-hybridized carbons (Fsp3) is 0.750. The lowest BCUT2D eigenvalue weighted by molar-refractivity contribution is -0.133. The van der Waals surface area contributed by atoms with Crippen LogP contribution in [-0.2, 0) is 19.0 Å². The summed E-state index contributed by atoms with van der Waals surface area (Å²) in [5, 5.41) is 12.2. The van der Waals surface area contributed by atoms with Gasteiger partial charge in [-0.15, -0.1) is 0 Å². The van der Waals surface area contributed by atoms with Crippen molar-refractivity contribution in [3.05, 3.63) is 46.8 Å². The van der Waals surface area contributed by atoms with E-state index in [9.17, 15) is 9.90 Å². The lowest BCUT2D eigenvalue weighted by atomic mass is 9.72.